The van der Waals surface area contributed by atoms with Gasteiger partial charge in [0.2, 0.25) is 0 Å². The van der Waals surface area contributed by atoms with Crippen molar-refractivity contribution in [1.82, 2.24) is 4.90 Å². The van der Waals surface area contributed by atoms with Crippen molar-refractivity contribution < 1.29 is 24.0 Å². The minimum Gasteiger partial charge on any atom is -0.450 e. The van der Waals surface area contributed by atoms with Crippen LogP contribution >= 0.6 is 0 Å². The number of quaternary nitrogens is 1. The molecule has 7 nitrogen and oxygen atoms in total. The highest BCUT2D eigenvalue weighted by Gasteiger charge is 2.26. The second-order valence-electron chi connectivity index (χ2n) is 6.90. The third-order valence-electron chi connectivity index (χ3n) is 4.89. The molecular weight excluding hydrogens is 370 g/mol. The Balaban J connectivity index is 1.58. The molecule has 1 fully saturated rings. The first-order valence-electron chi connectivity index (χ1n) is 9.82. The largest absolute Gasteiger partial charge is 0.450 e. The number of benzene rings is 2. The van der Waals surface area contributed by atoms with Gasteiger partial charge in [-0.3, -0.25) is 14.5 Å². The van der Waals surface area contributed by atoms with Gasteiger partial charge in [0.15, 0.2) is 12.3 Å². The topological polar surface area (TPSA) is 80.2 Å². The van der Waals surface area contributed by atoms with Crippen molar-refractivity contribution in [2.75, 3.05) is 44.6 Å². The third kappa shape index (κ3) is 5.42. The number of nitrogens with zero attached hydrogens (tertiary/aromatic N) is 1. The number of ketones is 1. The van der Waals surface area contributed by atoms with Crippen molar-refractivity contribution in [2.24, 2.45) is 0 Å². The maximum absolute atomic E-state index is 12.8. The summed E-state index contributed by atoms with van der Waals surface area (Å²) in [6.07, 6.45) is -0.302. The van der Waals surface area contributed by atoms with E-state index in [1.807, 2.05) is 18.2 Å². The summed E-state index contributed by atoms with van der Waals surface area (Å²) in [6.45, 7) is 4.90. The third-order valence-corrected chi connectivity index (χ3v) is 4.89. The molecule has 0 aromatic heterocycles. The summed E-state index contributed by atoms with van der Waals surface area (Å²) in [7, 11) is 0. The number of amides is 2. The average molecular weight is 396 g/mol. The Morgan fingerprint density at radius 2 is 1.66 bits per heavy atom. The van der Waals surface area contributed by atoms with Crippen molar-refractivity contribution >= 4 is 23.5 Å². The van der Waals surface area contributed by atoms with Gasteiger partial charge >= 0.3 is 6.09 Å². The molecule has 2 amide bonds. The fourth-order valence-electron chi connectivity index (χ4n) is 3.35. The van der Waals surface area contributed by atoms with E-state index in [9.17, 15) is 14.4 Å². The Morgan fingerprint density at radius 3 is 2.34 bits per heavy atom. The Labute approximate surface area is 170 Å². The molecule has 1 heterocycles. The molecule has 3 rings (SSSR count). The van der Waals surface area contributed by atoms with Crippen LogP contribution in [0.1, 0.15) is 22.8 Å². The van der Waals surface area contributed by atoms with Gasteiger partial charge < -0.3 is 15.0 Å². The van der Waals surface area contributed by atoms with Crippen LogP contribution in [0.2, 0.25) is 0 Å². The number of carbonyl (C=O) groups is 3. The van der Waals surface area contributed by atoms with Crippen LogP contribution < -0.4 is 10.2 Å². The van der Waals surface area contributed by atoms with E-state index >= 15 is 0 Å². The lowest BCUT2D eigenvalue weighted by molar-refractivity contribution is -0.895. The fraction of sp³-hybridized carbons (Fsp3) is 0.318. The molecular formula is C22H26N3O4+. The zero-order valence-corrected chi connectivity index (χ0v) is 16.5. The standard InChI is InChI=1S/C22H25N3O4/c1-2-29-22(28)25-14-12-24(13-15-25)16-20(26)23-19-11-7-6-10-18(19)21(27)17-8-4-3-5-9-17/h3-11H,2,12-16H2,1H3,(H,23,26)/p+1. The number of anilines is 1. The normalized spacial score (nSPS) is 14.3. The number of nitrogens with one attached hydrogen (secondary N) is 2. The lowest BCUT2D eigenvalue weighted by Crippen LogP contribution is -3.15. The summed E-state index contributed by atoms with van der Waals surface area (Å²) < 4.78 is 5.02. The highest BCUT2D eigenvalue weighted by Crippen LogP contribution is 2.19. The number of rotatable bonds is 6. The Morgan fingerprint density at radius 1 is 1.00 bits per heavy atom. The number of piperazine rings is 1. The first kappa shape index (κ1) is 20.5. The van der Waals surface area contributed by atoms with Gasteiger partial charge in [0.25, 0.3) is 5.91 Å². The van der Waals surface area contributed by atoms with E-state index in [0.717, 1.165) is 4.90 Å². The minimum absolute atomic E-state index is 0.128. The second-order valence-corrected chi connectivity index (χ2v) is 6.90. The number of hydrogen-bond donors (Lipinski definition) is 2. The molecule has 0 aliphatic carbocycles. The first-order chi connectivity index (χ1) is 14.1. The quantitative estimate of drug-likeness (QED) is 0.720. The maximum atomic E-state index is 12.8. The smallest absolute Gasteiger partial charge is 0.410 e. The van der Waals surface area contributed by atoms with E-state index in [-0.39, 0.29) is 24.3 Å². The first-order valence-corrected chi connectivity index (χ1v) is 9.82. The van der Waals surface area contributed by atoms with Crippen LogP contribution in [0.15, 0.2) is 54.6 Å². The van der Waals surface area contributed by atoms with Gasteiger partial charge in [0, 0.05) is 11.1 Å². The van der Waals surface area contributed by atoms with E-state index in [0.29, 0.717) is 49.6 Å². The highest BCUT2D eigenvalue weighted by atomic mass is 16.6. The van der Waals surface area contributed by atoms with Crippen LogP contribution in [0.25, 0.3) is 0 Å². The Hall–Kier alpha value is -3.19. The van der Waals surface area contributed by atoms with Crippen molar-refractivity contribution in [1.29, 1.82) is 0 Å². The Kier molecular flexibility index (Phi) is 6.97. The lowest BCUT2D eigenvalue weighted by Gasteiger charge is -2.31. The molecule has 2 N–H and O–H groups in total. The maximum Gasteiger partial charge on any atom is 0.410 e. The summed E-state index contributed by atoms with van der Waals surface area (Å²) in [5, 5.41) is 2.88. The molecule has 7 heteroatoms. The molecule has 29 heavy (non-hydrogen) atoms. The lowest BCUT2D eigenvalue weighted by atomic mass is 10.0. The second kappa shape index (κ2) is 9.84. The predicted molar refractivity (Wildman–Crippen MR) is 109 cm³/mol. The summed E-state index contributed by atoms with van der Waals surface area (Å²) in [6, 6.07) is 16.0. The molecule has 0 spiro atoms. The molecule has 1 aliphatic heterocycles. The molecule has 1 saturated heterocycles. The van der Waals surface area contributed by atoms with Crippen LogP contribution in [0, 0.1) is 0 Å². The van der Waals surface area contributed by atoms with Gasteiger partial charge in [-0.05, 0) is 19.1 Å². The summed E-state index contributed by atoms with van der Waals surface area (Å²) in [5.41, 5.74) is 1.56. The molecule has 0 bridgehead atoms. The zero-order valence-electron chi connectivity index (χ0n) is 16.5. The van der Waals surface area contributed by atoms with Gasteiger partial charge in [-0.15, -0.1) is 0 Å². The molecule has 0 atom stereocenters. The molecule has 2 aromatic carbocycles. The molecule has 2 aromatic rings. The van der Waals surface area contributed by atoms with Crippen LogP contribution in [0.3, 0.4) is 0 Å². The predicted octanol–water partition coefficient (Wildman–Crippen LogP) is 1.21. The van der Waals surface area contributed by atoms with E-state index in [1.165, 1.54) is 0 Å². The number of ether oxygens (including phenoxy) is 1. The zero-order chi connectivity index (χ0) is 20.6. The number of hydrogen-bond acceptors (Lipinski definition) is 4. The molecule has 0 radical (unpaired) electrons. The van der Waals surface area contributed by atoms with Crippen LogP contribution in [-0.4, -0.2) is 62.0 Å². The molecule has 152 valence electrons. The summed E-state index contributed by atoms with van der Waals surface area (Å²) >= 11 is 0. The SMILES string of the molecule is CCOC(=O)N1CC[NH+](CC(=O)Nc2ccccc2C(=O)c2ccccc2)CC1. The van der Waals surface area contributed by atoms with Crippen LogP contribution in [-0.2, 0) is 9.53 Å². The monoisotopic (exact) mass is 396 g/mol. The average Bonchev–Trinajstić information content (AvgIpc) is 2.75. The van der Waals surface area contributed by atoms with Gasteiger partial charge in [0.1, 0.15) is 0 Å². The van der Waals surface area contributed by atoms with E-state index in [2.05, 4.69) is 5.32 Å². The van der Waals surface area contributed by atoms with Crippen molar-refractivity contribution in [3.8, 4) is 0 Å². The highest BCUT2D eigenvalue weighted by molar-refractivity contribution is 6.13. The van der Waals surface area contributed by atoms with Crippen LogP contribution in [0.4, 0.5) is 10.5 Å². The summed E-state index contributed by atoms with van der Waals surface area (Å²) in [5.74, 6) is -0.283. The van der Waals surface area contributed by atoms with Gasteiger partial charge in [-0.25, -0.2) is 4.79 Å². The van der Waals surface area contributed by atoms with Gasteiger partial charge in [-0.1, -0.05) is 42.5 Å². The van der Waals surface area contributed by atoms with Gasteiger partial charge in [0.05, 0.1) is 38.5 Å². The van der Waals surface area contributed by atoms with Crippen molar-refractivity contribution in [3.05, 3.63) is 65.7 Å². The van der Waals surface area contributed by atoms with E-state index < -0.39 is 0 Å². The van der Waals surface area contributed by atoms with Crippen LogP contribution in [0.5, 0.6) is 0 Å². The van der Waals surface area contributed by atoms with E-state index in [1.54, 1.807) is 48.2 Å². The van der Waals surface area contributed by atoms with E-state index in [4.69, 9.17) is 4.74 Å². The summed E-state index contributed by atoms with van der Waals surface area (Å²) in [4.78, 5) is 39.9. The van der Waals surface area contributed by atoms with Crippen molar-refractivity contribution in [3.63, 3.8) is 0 Å². The molecule has 0 saturated carbocycles. The Bertz CT molecular complexity index is 861. The number of carbonyl (C=O) groups excluding carboxylic acids is 3. The molecule has 1 aliphatic rings. The minimum atomic E-state index is -0.302. The van der Waals surface area contributed by atoms with Gasteiger partial charge in [-0.2, -0.15) is 0 Å². The fourth-order valence-corrected chi connectivity index (χ4v) is 3.35. The van der Waals surface area contributed by atoms with Crippen molar-refractivity contribution in [2.45, 2.75) is 6.92 Å². The molecule has 0 unspecified atom stereocenters. The number of para-hydroxylation sites is 1.